The van der Waals surface area contributed by atoms with E-state index in [4.69, 9.17) is 0 Å². The van der Waals surface area contributed by atoms with E-state index in [1.807, 2.05) is 6.07 Å². The molecule has 9 heteroatoms. The van der Waals surface area contributed by atoms with Crippen molar-refractivity contribution in [3.05, 3.63) is 52.2 Å². The Morgan fingerprint density at radius 3 is 2.48 bits per heavy atom. The third-order valence-electron chi connectivity index (χ3n) is 5.60. The number of anilines is 2. The van der Waals surface area contributed by atoms with Crippen molar-refractivity contribution in [1.82, 2.24) is 15.0 Å². The number of benzene rings is 1. The van der Waals surface area contributed by atoms with Gasteiger partial charge in [0.15, 0.2) is 0 Å². The molecule has 0 spiro atoms. The molecule has 2 atom stereocenters. The molecule has 1 fully saturated rings. The van der Waals surface area contributed by atoms with E-state index < -0.39 is 10.0 Å². The smallest absolute Gasteiger partial charge is 0.262 e. The van der Waals surface area contributed by atoms with Crippen molar-refractivity contribution in [2.45, 2.75) is 39.0 Å². The molecule has 1 saturated heterocycles. The number of hydrogen-bond acceptors (Lipinski definition) is 6. The zero-order chi connectivity index (χ0) is 22.3. The minimum Gasteiger partial charge on any atom is -0.356 e. The molecule has 0 radical (unpaired) electrons. The van der Waals surface area contributed by atoms with Crippen LogP contribution in [0.4, 0.5) is 11.5 Å². The standard InChI is InChI=1S/C22H27N5O3S/c1-13-7-14(2)12-27(11-13)21-6-5-17(10-23-21)26-31(29,30)20-9-18-19(8-15(20)3)24-16(4)25-22(18)28/h5-6,8-10,13-14,26H,7,11-12H2,1-4H3,(H,24,25,28)/t13-,14-/m0/s1. The number of pyridine rings is 1. The van der Waals surface area contributed by atoms with E-state index in [-0.39, 0.29) is 15.8 Å². The first-order valence-corrected chi connectivity index (χ1v) is 11.9. The van der Waals surface area contributed by atoms with E-state index >= 15 is 0 Å². The van der Waals surface area contributed by atoms with Crippen LogP contribution in [0.25, 0.3) is 10.9 Å². The molecule has 4 rings (SSSR count). The Kier molecular flexibility index (Phi) is 5.47. The molecule has 0 bridgehead atoms. The average Bonchev–Trinajstić information content (AvgIpc) is 2.66. The summed E-state index contributed by atoms with van der Waals surface area (Å²) in [7, 11) is -3.90. The molecule has 0 unspecified atom stereocenters. The molecule has 164 valence electrons. The van der Waals surface area contributed by atoms with Gasteiger partial charge in [0.2, 0.25) is 0 Å². The maximum atomic E-state index is 13.0. The van der Waals surface area contributed by atoms with Crippen molar-refractivity contribution < 1.29 is 8.42 Å². The zero-order valence-corrected chi connectivity index (χ0v) is 19.0. The van der Waals surface area contributed by atoms with Crippen molar-refractivity contribution in [2.75, 3.05) is 22.7 Å². The Morgan fingerprint density at radius 2 is 1.84 bits per heavy atom. The van der Waals surface area contributed by atoms with Crippen LogP contribution in [-0.2, 0) is 10.0 Å². The first-order chi connectivity index (χ1) is 14.6. The van der Waals surface area contributed by atoms with Crippen molar-refractivity contribution in [1.29, 1.82) is 0 Å². The van der Waals surface area contributed by atoms with Gasteiger partial charge < -0.3 is 9.88 Å². The highest BCUT2D eigenvalue weighted by molar-refractivity contribution is 7.92. The highest BCUT2D eigenvalue weighted by Crippen LogP contribution is 2.27. The first-order valence-electron chi connectivity index (χ1n) is 10.4. The average molecular weight is 442 g/mol. The fraction of sp³-hybridized carbons (Fsp3) is 0.409. The summed E-state index contributed by atoms with van der Waals surface area (Å²) in [6.45, 7) is 9.73. The van der Waals surface area contributed by atoms with Gasteiger partial charge in [-0.05, 0) is 61.9 Å². The molecule has 2 aromatic heterocycles. The second-order valence-electron chi connectivity index (χ2n) is 8.65. The molecule has 0 aliphatic carbocycles. The minimum absolute atomic E-state index is 0.0407. The number of nitrogens with zero attached hydrogens (tertiary/aromatic N) is 3. The lowest BCUT2D eigenvalue weighted by molar-refractivity contribution is 0.355. The molecule has 1 aliphatic heterocycles. The summed E-state index contributed by atoms with van der Waals surface area (Å²) in [4.78, 5) is 25.9. The maximum Gasteiger partial charge on any atom is 0.262 e. The van der Waals surface area contributed by atoms with Gasteiger partial charge >= 0.3 is 0 Å². The monoisotopic (exact) mass is 441 g/mol. The van der Waals surface area contributed by atoms with Gasteiger partial charge in [-0.2, -0.15) is 0 Å². The predicted molar refractivity (Wildman–Crippen MR) is 122 cm³/mol. The number of rotatable bonds is 4. The van der Waals surface area contributed by atoms with Crippen molar-refractivity contribution in [3.63, 3.8) is 0 Å². The largest absolute Gasteiger partial charge is 0.356 e. The van der Waals surface area contributed by atoms with E-state index in [9.17, 15) is 13.2 Å². The lowest BCUT2D eigenvalue weighted by Crippen LogP contribution is -2.39. The zero-order valence-electron chi connectivity index (χ0n) is 18.1. The van der Waals surface area contributed by atoms with Crippen LogP contribution in [-0.4, -0.2) is 36.5 Å². The number of sulfonamides is 1. The van der Waals surface area contributed by atoms with Gasteiger partial charge in [-0.1, -0.05) is 13.8 Å². The van der Waals surface area contributed by atoms with Gasteiger partial charge in [0, 0.05) is 13.1 Å². The fourth-order valence-electron chi connectivity index (χ4n) is 4.37. The second-order valence-corrected chi connectivity index (χ2v) is 10.3. The topological polar surface area (TPSA) is 108 Å². The quantitative estimate of drug-likeness (QED) is 0.644. The number of H-pyrrole nitrogens is 1. The van der Waals surface area contributed by atoms with Crippen LogP contribution in [0.1, 0.15) is 31.7 Å². The van der Waals surface area contributed by atoms with E-state index in [0.717, 1.165) is 18.9 Å². The van der Waals surface area contributed by atoms with E-state index in [0.29, 0.717) is 34.4 Å². The van der Waals surface area contributed by atoms with Crippen LogP contribution < -0.4 is 15.2 Å². The number of piperidine rings is 1. The highest BCUT2D eigenvalue weighted by Gasteiger charge is 2.23. The van der Waals surface area contributed by atoms with Crippen molar-refractivity contribution in [3.8, 4) is 0 Å². The van der Waals surface area contributed by atoms with E-state index in [2.05, 4.69) is 38.4 Å². The molecular weight excluding hydrogens is 414 g/mol. The lowest BCUT2D eigenvalue weighted by atomic mass is 9.92. The normalized spacial score (nSPS) is 19.5. The molecule has 1 aromatic carbocycles. The SMILES string of the molecule is Cc1nc2cc(C)c(S(=O)(=O)Nc3ccc(N4C[C@@H](C)C[C@H](C)C4)nc3)cc2c(=O)[nH]1. The van der Waals surface area contributed by atoms with E-state index in [1.165, 1.54) is 18.7 Å². The molecule has 0 amide bonds. The van der Waals surface area contributed by atoms with E-state index in [1.54, 1.807) is 26.0 Å². The Morgan fingerprint density at radius 1 is 1.13 bits per heavy atom. The fourth-order valence-corrected chi connectivity index (χ4v) is 5.67. The summed E-state index contributed by atoms with van der Waals surface area (Å²) in [6.07, 6.45) is 2.74. The molecule has 1 aliphatic rings. The summed E-state index contributed by atoms with van der Waals surface area (Å²) in [5.74, 6) is 2.52. The molecule has 31 heavy (non-hydrogen) atoms. The number of aromatic nitrogens is 3. The number of hydrogen-bond donors (Lipinski definition) is 2. The summed E-state index contributed by atoms with van der Waals surface area (Å²) >= 11 is 0. The van der Waals surface area contributed by atoms with Gasteiger partial charge in [0.1, 0.15) is 11.6 Å². The summed E-state index contributed by atoms with van der Waals surface area (Å²) in [6, 6.07) is 6.55. The third-order valence-corrected chi connectivity index (χ3v) is 7.13. The Bertz CT molecular complexity index is 1270. The van der Waals surface area contributed by atoms with Crippen LogP contribution >= 0.6 is 0 Å². The van der Waals surface area contributed by atoms with Gasteiger partial charge in [-0.3, -0.25) is 9.52 Å². The van der Waals surface area contributed by atoms with Gasteiger partial charge in [-0.15, -0.1) is 0 Å². The van der Waals surface area contributed by atoms with Gasteiger partial charge in [-0.25, -0.2) is 18.4 Å². The van der Waals surface area contributed by atoms with Crippen LogP contribution in [0, 0.1) is 25.7 Å². The first kappa shape index (κ1) is 21.3. The number of aryl methyl sites for hydroxylation is 2. The van der Waals surface area contributed by atoms with Crippen molar-refractivity contribution >= 4 is 32.4 Å². The summed E-state index contributed by atoms with van der Waals surface area (Å²) in [5.41, 5.74) is 0.985. The Hall–Kier alpha value is -2.94. The maximum absolute atomic E-state index is 13.0. The summed E-state index contributed by atoms with van der Waals surface area (Å²) < 4.78 is 28.6. The van der Waals surface area contributed by atoms with Crippen molar-refractivity contribution in [2.24, 2.45) is 11.8 Å². The minimum atomic E-state index is -3.90. The Labute approximate surface area is 181 Å². The molecular formula is C22H27N5O3S. The summed E-state index contributed by atoms with van der Waals surface area (Å²) in [5, 5.41) is 0.235. The van der Waals surface area contributed by atoms with Gasteiger partial charge in [0.25, 0.3) is 15.6 Å². The Balaban J connectivity index is 1.60. The van der Waals surface area contributed by atoms with Crippen LogP contribution in [0.3, 0.4) is 0 Å². The number of aromatic amines is 1. The second kappa shape index (κ2) is 7.96. The van der Waals surface area contributed by atoms with Crippen LogP contribution in [0.2, 0.25) is 0 Å². The van der Waals surface area contributed by atoms with Crippen LogP contribution in [0.5, 0.6) is 0 Å². The number of fused-ring (bicyclic) bond motifs is 1. The number of nitrogens with one attached hydrogen (secondary N) is 2. The molecule has 0 saturated carbocycles. The lowest BCUT2D eigenvalue weighted by Gasteiger charge is -2.35. The molecule has 3 heterocycles. The van der Waals surface area contributed by atoms with Gasteiger partial charge in [0.05, 0.1) is 27.7 Å². The molecule has 3 aromatic rings. The molecule has 8 nitrogen and oxygen atoms in total. The highest BCUT2D eigenvalue weighted by atomic mass is 32.2. The third kappa shape index (κ3) is 4.41. The predicted octanol–water partition coefficient (Wildman–Crippen LogP) is 3.22. The van der Waals surface area contributed by atoms with Crippen LogP contribution in [0.15, 0.2) is 40.2 Å². The molecule has 2 N–H and O–H groups in total.